The summed E-state index contributed by atoms with van der Waals surface area (Å²) in [4.78, 5) is 0. The van der Waals surface area contributed by atoms with Gasteiger partial charge in [-0.25, -0.2) is 0 Å². The highest BCUT2D eigenvalue weighted by molar-refractivity contribution is 7.15. The third kappa shape index (κ3) is 2.09. The molecule has 0 aliphatic rings. The summed E-state index contributed by atoms with van der Waals surface area (Å²) in [5, 5.41) is 9.25. The van der Waals surface area contributed by atoms with E-state index in [1.165, 1.54) is 22.5 Å². The molecule has 1 heterocycles. The summed E-state index contributed by atoms with van der Waals surface area (Å²) in [6.07, 6.45) is 0.815. The number of hydrogen-bond acceptors (Lipinski definition) is 4. The van der Waals surface area contributed by atoms with E-state index in [1.54, 1.807) is 0 Å². The van der Waals surface area contributed by atoms with Gasteiger partial charge < -0.3 is 5.73 Å². The zero-order valence-electron chi connectivity index (χ0n) is 7.90. The van der Waals surface area contributed by atoms with Crippen LogP contribution < -0.4 is 5.73 Å². The number of benzene rings is 1. The average molecular weight is 205 g/mol. The van der Waals surface area contributed by atoms with Crippen molar-refractivity contribution in [1.29, 1.82) is 0 Å². The number of nitrogen functional groups attached to an aromatic ring is 1. The van der Waals surface area contributed by atoms with E-state index in [1.807, 2.05) is 0 Å². The first-order valence-corrected chi connectivity index (χ1v) is 5.19. The Morgan fingerprint density at radius 2 is 1.93 bits per heavy atom. The minimum Gasteiger partial charge on any atom is -0.374 e. The highest BCUT2D eigenvalue weighted by Gasteiger charge is 2.01. The number of nitrogens with two attached hydrogens (primary N) is 1. The largest absolute Gasteiger partial charge is 0.374 e. The van der Waals surface area contributed by atoms with E-state index < -0.39 is 0 Å². The van der Waals surface area contributed by atoms with E-state index in [-0.39, 0.29) is 0 Å². The van der Waals surface area contributed by atoms with Crippen molar-refractivity contribution < 1.29 is 0 Å². The number of aromatic nitrogens is 2. The van der Waals surface area contributed by atoms with Gasteiger partial charge in [-0.1, -0.05) is 41.2 Å². The van der Waals surface area contributed by atoms with Crippen LogP contribution in [0.1, 0.15) is 16.1 Å². The molecule has 0 fully saturated rings. The van der Waals surface area contributed by atoms with Crippen molar-refractivity contribution in [1.82, 2.24) is 10.2 Å². The summed E-state index contributed by atoms with van der Waals surface area (Å²) in [6, 6.07) is 8.40. The zero-order chi connectivity index (χ0) is 9.97. The molecular weight excluding hydrogens is 194 g/mol. The Kier molecular flexibility index (Phi) is 2.45. The Morgan fingerprint density at radius 3 is 2.50 bits per heavy atom. The standard InChI is InChI=1S/C10H11N3S/c1-7-2-4-8(5-3-7)6-9-12-13-10(11)14-9/h2-5H,6H2,1H3,(H2,11,13). The van der Waals surface area contributed by atoms with Crippen LogP contribution in [-0.4, -0.2) is 10.2 Å². The fraction of sp³-hybridized carbons (Fsp3) is 0.200. The van der Waals surface area contributed by atoms with Crippen LogP contribution >= 0.6 is 11.3 Å². The first-order valence-electron chi connectivity index (χ1n) is 4.37. The van der Waals surface area contributed by atoms with Crippen molar-refractivity contribution in [3.05, 3.63) is 40.4 Å². The lowest BCUT2D eigenvalue weighted by molar-refractivity contribution is 1.01. The first kappa shape index (κ1) is 9.15. The van der Waals surface area contributed by atoms with Gasteiger partial charge in [0.1, 0.15) is 5.01 Å². The number of rotatable bonds is 2. The third-order valence-electron chi connectivity index (χ3n) is 1.96. The normalized spacial score (nSPS) is 10.4. The van der Waals surface area contributed by atoms with Gasteiger partial charge in [-0.15, -0.1) is 10.2 Å². The van der Waals surface area contributed by atoms with Gasteiger partial charge in [0, 0.05) is 6.42 Å². The summed E-state index contributed by atoms with van der Waals surface area (Å²) in [5.41, 5.74) is 8.01. The van der Waals surface area contributed by atoms with Gasteiger partial charge in [0.25, 0.3) is 0 Å². The van der Waals surface area contributed by atoms with Gasteiger partial charge in [-0.3, -0.25) is 0 Å². The van der Waals surface area contributed by atoms with Crippen LogP contribution in [0, 0.1) is 6.92 Å². The second kappa shape index (κ2) is 3.75. The molecule has 0 spiro atoms. The van der Waals surface area contributed by atoms with Gasteiger partial charge in [0.15, 0.2) is 0 Å². The molecule has 0 saturated carbocycles. The molecule has 0 atom stereocenters. The van der Waals surface area contributed by atoms with Crippen LogP contribution in [0.25, 0.3) is 0 Å². The Labute approximate surface area is 86.6 Å². The fourth-order valence-corrected chi connectivity index (χ4v) is 1.86. The molecule has 0 radical (unpaired) electrons. The highest BCUT2D eigenvalue weighted by Crippen LogP contribution is 2.15. The van der Waals surface area contributed by atoms with E-state index in [0.29, 0.717) is 5.13 Å². The average Bonchev–Trinajstić information content (AvgIpc) is 2.56. The molecule has 0 saturated heterocycles. The molecule has 72 valence electrons. The van der Waals surface area contributed by atoms with Crippen LogP contribution in [0.15, 0.2) is 24.3 Å². The molecule has 0 aliphatic heterocycles. The number of aryl methyl sites for hydroxylation is 1. The van der Waals surface area contributed by atoms with E-state index in [9.17, 15) is 0 Å². The summed E-state index contributed by atoms with van der Waals surface area (Å²) >= 11 is 1.44. The van der Waals surface area contributed by atoms with Gasteiger partial charge in [-0.05, 0) is 12.5 Å². The van der Waals surface area contributed by atoms with Crippen molar-refractivity contribution in [3.8, 4) is 0 Å². The molecule has 3 nitrogen and oxygen atoms in total. The summed E-state index contributed by atoms with van der Waals surface area (Å²) in [5.74, 6) is 0. The number of anilines is 1. The molecular formula is C10H11N3S. The molecule has 1 aromatic carbocycles. The fourth-order valence-electron chi connectivity index (χ4n) is 1.22. The minimum atomic E-state index is 0.534. The van der Waals surface area contributed by atoms with E-state index in [2.05, 4.69) is 41.4 Å². The molecule has 14 heavy (non-hydrogen) atoms. The molecule has 0 aliphatic carbocycles. The van der Waals surface area contributed by atoms with Crippen molar-refractivity contribution in [2.45, 2.75) is 13.3 Å². The lowest BCUT2D eigenvalue weighted by Gasteiger charge is -1.97. The Balaban J connectivity index is 2.15. The molecule has 4 heteroatoms. The van der Waals surface area contributed by atoms with E-state index in [0.717, 1.165) is 11.4 Å². The third-order valence-corrected chi connectivity index (χ3v) is 2.71. The Morgan fingerprint density at radius 1 is 1.21 bits per heavy atom. The minimum absolute atomic E-state index is 0.534. The molecule has 0 amide bonds. The van der Waals surface area contributed by atoms with Crippen LogP contribution in [0.2, 0.25) is 0 Å². The molecule has 0 unspecified atom stereocenters. The smallest absolute Gasteiger partial charge is 0.203 e. The van der Waals surface area contributed by atoms with Crippen LogP contribution in [0.3, 0.4) is 0 Å². The van der Waals surface area contributed by atoms with Gasteiger partial charge in [-0.2, -0.15) is 0 Å². The monoisotopic (exact) mass is 205 g/mol. The van der Waals surface area contributed by atoms with Gasteiger partial charge >= 0.3 is 0 Å². The quantitative estimate of drug-likeness (QED) is 0.816. The summed E-state index contributed by atoms with van der Waals surface area (Å²) in [6.45, 7) is 2.08. The molecule has 2 N–H and O–H groups in total. The maximum atomic E-state index is 5.50. The predicted octanol–water partition coefficient (Wildman–Crippen LogP) is 2.02. The lowest BCUT2D eigenvalue weighted by atomic mass is 10.1. The topological polar surface area (TPSA) is 51.8 Å². The van der Waals surface area contributed by atoms with Gasteiger partial charge in [0.2, 0.25) is 5.13 Å². The van der Waals surface area contributed by atoms with Gasteiger partial charge in [0.05, 0.1) is 0 Å². The Bertz CT molecular complexity index is 419. The summed E-state index contributed by atoms with van der Waals surface area (Å²) in [7, 11) is 0. The van der Waals surface area contributed by atoms with E-state index in [4.69, 9.17) is 5.73 Å². The second-order valence-electron chi connectivity index (χ2n) is 3.20. The van der Waals surface area contributed by atoms with Crippen molar-refractivity contribution in [2.75, 3.05) is 5.73 Å². The highest BCUT2D eigenvalue weighted by atomic mass is 32.1. The Hall–Kier alpha value is -1.42. The van der Waals surface area contributed by atoms with Crippen molar-refractivity contribution in [3.63, 3.8) is 0 Å². The SMILES string of the molecule is Cc1ccc(Cc2nnc(N)s2)cc1. The first-order chi connectivity index (χ1) is 6.74. The van der Waals surface area contributed by atoms with Crippen molar-refractivity contribution >= 4 is 16.5 Å². The molecule has 2 aromatic rings. The molecule has 2 rings (SSSR count). The molecule has 0 bridgehead atoms. The summed E-state index contributed by atoms with van der Waals surface area (Å²) < 4.78 is 0. The maximum absolute atomic E-state index is 5.50. The van der Waals surface area contributed by atoms with Crippen molar-refractivity contribution in [2.24, 2.45) is 0 Å². The number of nitrogens with zero attached hydrogens (tertiary/aromatic N) is 2. The second-order valence-corrected chi connectivity index (χ2v) is 4.29. The number of hydrogen-bond donors (Lipinski definition) is 1. The van der Waals surface area contributed by atoms with Crippen LogP contribution in [0.4, 0.5) is 5.13 Å². The van der Waals surface area contributed by atoms with Crippen LogP contribution in [0.5, 0.6) is 0 Å². The lowest BCUT2D eigenvalue weighted by Crippen LogP contribution is -1.87. The van der Waals surface area contributed by atoms with Crippen LogP contribution in [-0.2, 0) is 6.42 Å². The maximum Gasteiger partial charge on any atom is 0.203 e. The molecule has 1 aromatic heterocycles. The predicted molar refractivity (Wildman–Crippen MR) is 58.3 cm³/mol. The zero-order valence-corrected chi connectivity index (χ0v) is 8.71. The van der Waals surface area contributed by atoms with E-state index >= 15 is 0 Å².